The van der Waals surface area contributed by atoms with Gasteiger partial charge in [-0.3, -0.25) is 4.79 Å². The number of carbonyl (C=O) groups excluding carboxylic acids is 2. The summed E-state index contributed by atoms with van der Waals surface area (Å²) in [5, 5.41) is 0. The largest absolute Gasteiger partial charge is 0.469 e. The molecule has 0 aliphatic rings. The second-order valence-electron chi connectivity index (χ2n) is 3.88. The number of rotatable bonds is 6. The van der Waals surface area contributed by atoms with Crippen molar-refractivity contribution in [2.45, 2.75) is 27.2 Å². The van der Waals surface area contributed by atoms with Crippen molar-refractivity contribution in [3.8, 4) is 0 Å². The number of amides is 1. The standard InChI is InChI=1S/C11H21NO4/c1-5-12(7-6-10(13)15-4)11(14)16-8-9(2)3/h9H,5-8H2,1-4H3. The van der Waals surface area contributed by atoms with E-state index in [4.69, 9.17) is 4.74 Å². The molecule has 0 rings (SSSR count). The fourth-order valence-corrected chi connectivity index (χ4v) is 1.04. The highest BCUT2D eigenvalue weighted by molar-refractivity contribution is 5.71. The van der Waals surface area contributed by atoms with E-state index in [1.54, 1.807) is 0 Å². The lowest BCUT2D eigenvalue weighted by molar-refractivity contribution is -0.140. The molecule has 0 fully saturated rings. The lowest BCUT2D eigenvalue weighted by atomic mass is 10.2. The molecule has 0 aromatic carbocycles. The number of esters is 1. The van der Waals surface area contributed by atoms with E-state index in [0.717, 1.165) is 0 Å². The topological polar surface area (TPSA) is 55.8 Å². The van der Waals surface area contributed by atoms with E-state index in [1.165, 1.54) is 12.0 Å². The van der Waals surface area contributed by atoms with Crippen molar-refractivity contribution >= 4 is 12.1 Å². The van der Waals surface area contributed by atoms with Gasteiger partial charge in [0.25, 0.3) is 0 Å². The Bertz CT molecular complexity index is 228. The molecule has 0 saturated carbocycles. The molecule has 0 spiro atoms. The smallest absolute Gasteiger partial charge is 0.409 e. The van der Waals surface area contributed by atoms with Crippen molar-refractivity contribution in [3.05, 3.63) is 0 Å². The molecule has 0 aromatic rings. The fourth-order valence-electron chi connectivity index (χ4n) is 1.04. The zero-order valence-corrected chi connectivity index (χ0v) is 10.5. The van der Waals surface area contributed by atoms with Gasteiger partial charge in [0.05, 0.1) is 20.1 Å². The van der Waals surface area contributed by atoms with Gasteiger partial charge >= 0.3 is 12.1 Å². The van der Waals surface area contributed by atoms with E-state index in [9.17, 15) is 9.59 Å². The molecule has 0 aromatic heterocycles. The normalized spacial score (nSPS) is 10.1. The van der Waals surface area contributed by atoms with Crippen LogP contribution < -0.4 is 0 Å². The van der Waals surface area contributed by atoms with Gasteiger partial charge in [0.2, 0.25) is 0 Å². The van der Waals surface area contributed by atoms with Crippen molar-refractivity contribution in [1.29, 1.82) is 0 Å². The molecule has 0 saturated heterocycles. The second kappa shape index (κ2) is 7.96. The van der Waals surface area contributed by atoms with Crippen LogP contribution in [0.1, 0.15) is 27.2 Å². The second-order valence-corrected chi connectivity index (χ2v) is 3.88. The molecule has 0 aliphatic heterocycles. The average Bonchev–Trinajstić information content (AvgIpc) is 2.26. The van der Waals surface area contributed by atoms with E-state index < -0.39 is 0 Å². The summed E-state index contributed by atoms with van der Waals surface area (Å²) in [5.41, 5.74) is 0. The molecule has 94 valence electrons. The van der Waals surface area contributed by atoms with E-state index in [2.05, 4.69) is 4.74 Å². The van der Waals surface area contributed by atoms with Gasteiger partial charge in [-0.25, -0.2) is 4.79 Å². The third-order valence-electron chi connectivity index (χ3n) is 1.99. The third kappa shape index (κ3) is 6.27. The lowest BCUT2D eigenvalue weighted by Gasteiger charge is -2.20. The molecular formula is C11H21NO4. The van der Waals surface area contributed by atoms with Crippen LogP contribution in [0.5, 0.6) is 0 Å². The van der Waals surface area contributed by atoms with Crippen LogP contribution in [0.25, 0.3) is 0 Å². The lowest BCUT2D eigenvalue weighted by Crippen LogP contribution is -2.34. The molecule has 0 radical (unpaired) electrons. The van der Waals surface area contributed by atoms with E-state index >= 15 is 0 Å². The van der Waals surface area contributed by atoms with Crippen LogP contribution >= 0.6 is 0 Å². The summed E-state index contributed by atoms with van der Waals surface area (Å²) in [6, 6.07) is 0. The maximum absolute atomic E-state index is 11.5. The zero-order valence-electron chi connectivity index (χ0n) is 10.5. The predicted octanol–water partition coefficient (Wildman–Crippen LogP) is 1.66. The summed E-state index contributed by atoms with van der Waals surface area (Å²) in [6.45, 7) is 7.03. The van der Waals surface area contributed by atoms with Gasteiger partial charge in [-0.1, -0.05) is 13.8 Å². The maximum Gasteiger partial charge on any atom is 0.409 e. The molecule has 5 nitrogen and oxygen atoms in total. The first-order valence-electron chi connectivity index (χ1n) is 5.49. The molecule has 0 N–H and O–H groups in total. The number of methoxy groups -OCH3 is 1. The summed E-state index contributed by atoms with van der Waals surface area (Å²) in [5.74, 6) is -0.0154. The molecule has 1 amide bonds. The van der Waals surface area contributed by atoms with Crippen molar-refractivity contribution in [2.75, 3.05) is 26.8 Å². The number of nitrogens with zero attached hydrogens (tertiary/aromatic N) is 1. The number of hydrogen-bond donors (Lipinski definition) is 0. The van der Waals surface area contributed by atoms with Gasteiger partial charge in [-0.2, -0.15) is 0 Å². The highest BCUT2D eigenvalue weighted by Crippen LogP contribution is 2.00. The van der Waals surface area contributed by atoms with Crippen LogP contribution in [0.3, 0.4) is 0 Å². The first-order chi connectivity index (χ1) is 7.51. The van der Waals surface area contributed by atoms with Crippen LogP contribution in [0.4, 0.5) is 4.79 Å². The Morgan fingerprint density at radius 3 is 2.38 bits per heavy atom. The van der Waals surface area contributed by atoms with Crippen LogP contribution in [0.15, 0.2) is 0 Å². The molecule has 5 heteroatoms. The van der Waals surface area contributed by atoms with Crippen LogP contribution in [-0.2, 0) is 14.3 Å². The van der Waals surface area contributed by atoms with Crippen LogP contribution in [0.2, 0.25) is 0 Å². The minimum Gasteiger partial charge on any atom is -0.469 e. The average molecular weight is 231 g/mol. The van der Waals surface area contributed by atoms with Crippen molar-refractivity contribution in [2.24, 2.45) is 5.92 Å². The summed E-state index contributed by atoms with van der Waals surface area (Å²) >= 11 is 0. The summed E-state index contributed by atoms with van der Waals surface area (Å²) in [6.07, 6.45) is -0.179. The third-order valence-corrected chi connectivity index (χ3v) is 1.99. The van der Waals surface area contributed by atoms with Crippen molar-refractivity contribution < 1.29 is 19.1 Å². The number of hydrogen-bond acceptors (Lipinski definition) is 4. The first kappa shape index (κ1) is 14.7. The Balaban J connectivity index is 3.97. The summed E-state index contributed by atoms with van der Waals surface area (Å²) < 4.78 is 9.56. The molecule has 0 aliphatic carbocycles. The highest BCUT2D eigenvalue weighted by atomic mass is 16.6. The quantitative estimate of drug-likeness (QED) is 0.652. The van der Waals surface area contributed by atoms with E-state index in [0.29, 0.717) is 25.6 Å². The first-order valence-corrected chi connectivity index (χ1v) is 5.49. The molecule has 0 atom stereocenters. The number of carbonyl (C=O) groups is 2. The fraction of sp³-hybridized carbons (Fsp3) is 0.818. The van der Waals surface area contributed by atoms with Crippen LogP contribution in [-0.4, -0.2) is 43.8 Å². The predicted molar refractivity (Wildman–Crippen MR) is 60.1 cm³/mol. The van der Waals surface area contributed by atoms with Gasteiger partial charge < -0.3 is 14.4 Å². The summed E-state index contributed by atoms with van der Waals surface area (Å²) in [4.78, 5) is 23.9. The van der Waals surface area contributed by atoms with Gasteiger partial charge in [0.1, 0.15) is 0 Å². The Morgan fingerprint density at radius 2 is 1.94 bits per heavy atom. The number of ether oxygens (including phenoxy) is 2. The highest BCUT2D eigenvalue weighted by Gasteiger charge is 2.14. The van der Waals surface area contributed by atoms with Gasteiger partial charge in [-0.15, -0.1) is 0 Å². The SMILES string of the molecule is CCN(CCC(=O)OC)C(=O)OCC(C)C. The molecular weight excluding hydrogens is 210 g/mol. The molecule has 0 heterocycles. The summed E-state index contributed by atoms with van der Waals surface area (Å²) in [7, 11) is 1.33. The van der Waals surface area contributed by atoms with E-state index in [1.807, 2.05) is 20.8 Å². The van der Waals surface area contributed by atoms with Crippen molar-refractivity contribution in [3.63, 3.8) is 0 Å². The monoisotopic (exact) mass is 231 g/mol. The van der Waals surface area contributed by atoms with Gasteiger partial charge in [-0.05, 0) is 12.8 Å². The molecule has 0 unspecified atom stereocenters. The Labute approximate surface area is 96.7 Å². The minimum absolute atomic E-state index is 0.196. The molecule has 0 bridgehead atoms. The Hall–Kier alpha value is -1.26. The minimum atomic E-state index is -0.375. The Morgan fingerprint density at radius 1 is 1.31 bits per heavy atom. The van der Waals surface area contributed by atoms with Crippen LogP contribution in [0, 0.1) is 5.92 Å². The van der Waals surface area contributed by atoms with Gasteiger partial charge in [0.15, 0.2) is 0 Å². The van der Waals surface area contributed by atoms with Gasteiger partial charge in [0, 0.05) is 13.1 Å². The molecule has 16 heavy (non-hydrogen) atoms. The zero-order chi connectivity index (χ0) is 12.6. The van der Waals surface area contributed by atoms with Crippen molar-refractivity contribution in [1.82, 2.24) is 4.90 Å². The maximum atomic E-state index is 11.5. The van der Waals surface area contributed by atoms with E-state index in [-0.39, 0.29) is 18.5 Å². The Kier molecular flexibility index (Phi) is 7.33.